The number of ether oxygens (including phenoxy) is 1. The van der Waals surface area contributed by atoms with Gasteiger partial charge in [-0.2, -0.15) is 0 Å². The van der Waals surface area contributed by atoms with Crippen LogP contribution in [0.3, 0.4) is 0 Å². The molecule has 0 aromatic carbocycles. The van der Waals surface area contributed by atoms with Crippen LogP contribution in [0.2, 0.25) is 0 Å². The Kier molecular flexibility index (Phi) is 3.00. The predicted octanol–water partition coefficient (Wildman–Crippen LogP) is 2.64. The highest BCUT2D eigenvalue weighted by molar-refractivity contribution is 5.78. The average molecular weight is 248 g/mol. The maximum atomic E-state index is 12.2. The van der Waals surface area contributed by atoms with E-state index in [9.17, 15) is 9.59 Å². The Morgan fingerprint density at radius 2 is 2.00 bits per heavy atom. The molecule has 2 saturated carbocycles. The monoisotopic (exact) mass is 248 g/mol. The molecule has 3 aliphatic rings. The van der Waals surface area contributed by atoms with Gasteiger partial charge >= 0.3 is 5.97 Å². The second-order valence-corrected chi connectivity index (χ2v) is 6.02. The van der Waals surface area contributed by atoms with Crippen molar-refractivity contribution in [2.24, 2.45) is 17.8 Å². The summed E-state index contributed by atoms with van der Waals surface area (Å²) in [7, 11) is 0. The van der Waals surface area contributed by atoms with Crippen molar-refractivity contribution in [1.29, 1.82) is 0 Å². The highest BCUT2D eigenvalue weighted by Gasteiger charge is 2.52. The maximum Gasteiger partial charge on any atom is 0.309 e. The first-order valence-corrected chi connectivity index (χ1v) is 7.11. The van der Waals surface area contributed by atoms with Crippen molar-refractivity contribution in [1.82, 2.24) is 0 Å². The molecule has 18 heavy (non-hydrogen) atoms. The summed E-state index contributed by atoms with van der Waals surface area (Å²) in [6, 6.07) is 0. The molecule has 0 aromatic rings. The molecule has 0 radical (unpaired) electrons. The minimum atomic E-state index is -0.839. The van der Waals surface area contributed by atoms with E-state index in [0.29, 0.717) is 12.3 Å². The van der Waals surface area contributed by atoms with E-state index in [1.807, 2.05) is 0 Å². The van der Waals surface area contributed by atoms with Crippen LogP contribution >= 0.6 is 0 Å². The van der Waals surface area contributed by atoms with Crippen LogP contribution in [-0.2, 0) is 14.3 Å². The second-order valence-electron chi connectivity index (χ2n) is 6.02. The second kappa shape index (κ2) is 4.52. The van der Waals surface area contributed by atoms with Gasteiger partial charge in [0, 0.05) is 12.3 Å². The maximum absolute atomic E-state index is 12.2. The van der Waals surface area contributed by atoms with Gasteiger partial charge in [-0.25, -0.2) is 0 Å². The lowest BCUT2D eigenvalue weighted by molar-refractivity contribution is -0.170. The van der Waals surface area contributed by atoms with Crippen LogP contribution in [-0.4, -0.2) is 17.9 Å². The summed E-state index contributed by atoms with van der Waals surface area (Å²) in [5, 5.41) is 0. The number of rotatable bonds is 3. The molecule has 98 valence electrons. The van der Waals surface area contributed by atoms with Crippen LogP contribution in [0.5, 0.6) is 0 Å². The first-order valence-electron chi connectivity index (χ1n) is 7.11. The molecule has 0 heterocycles. The summed E-state index contributed by atoms with van der Waals surface area (Å²) < 4.78 is 5.66. The molecular weight excluding hydrogens is 228 g/mol. The number of allylic oxidation sites excluding steroid dienone is 1. The first-order chi connectivity index (χ1) is 8.73. The smallest absolute Gasteiger partial charge is 0.309 e. The molecule has 3 heteroatoms. The number of esters is 1. The van der Waals surface area contributed by atoms with Crippen LogP contribution in [0, 0.1) is 17.8 Å². The Hall–Kier alpha value is -1.12. The van der Waals surface area contributed by atoms with E-state index in [1.54, 1.807) is 0 Å². The van der Waals surface area contributed by atoms with Crippen molar-refractivity contribution in [2.45, 2.75) is 50.5 Å². The summed E-state index contributed by atoms with van der Waals surface area (Å²) in [5.41, 5.74) is -0.839. The van der Waals surface area contributed by atoms with Gasteiger partial charge in [0.25, 0.3) is 0 Å². The lowest BCUT2D eigenvalue weighted by Crippen LogP contribution is -2.42. The molecule has 2 fully saturated rings. The summed E-state index contributed by atoms with van der Waals surface area (Å²) in [6.45, 7) is 0. The molecule has 0 saturated heterocycles. The first kappa shape index (κ1) is 11.9. The van der Waals surface area contributed by atoms with E-state index in [4.69, 9.17) is 4.74 Å². The highest BCUT2D eigenvalue weighted by atomic mass is 16.6. The third kappa shape index (κ3) is 1.90. The Bertz CT molecular complexity index is 381. The molecule has 0 aliphatic heterocycles. The number of carbonyl (C=O) groups excluding carboxylic acids is 2. The zero-order valence-corrected chi connectivity index (χ0v) is 10.6. The van der Waals surface area contributed by atoms with Crippen LogP contribution in [0.25, 0.3) is 0 Å². The van der Waals surface area contributed by atoms with E-state index in [-0.39, 0.29) is 17.8 Å². The Labute approximate surface area is 108 Å². The Morgan fingerprint density at radius 3 is 2.56 bits per heavy atom. The number of fused-ring (bicyclic) bond motifs is 2. The molecule has 3 nitrogen and oxygen atoms in total. The van der Waals surface area contributed by atoms with Crippen molar-refractivity contribution in [2.75, 3.05) is 0 Å². The van der Waals surface area contributed by atoms with Gasteiger partial charge in [-0.1, -0.05) is 31.4 Å². The van der Waals surface area contributed by atoms with Gasteiger partial charge in [-0.05, 0) is 25.2 Å². The molecule has 3 rings (SSSR count). The van der Waals surface area contributed by atoms with Crippen molar-refractivity contribution in [3.05, 3.63) is 12.2 Å². The topological polar surface area (TPSA) is 43.4 Å². The fraction of sp³-hybridized carbons (Fsp3) is 0.733. The fourth-order valence-corrected chi connectivity index (χ4v) is 3.74. The summed E-state index contributed by atoms with van der Waals surface area (Å²) in [6.07, 6.45) is 12.0. The standard InChI is InChI=1S/C15H20O3/c16-10-15(9-11-6-7-13(15)8-11)18-14(17)12-4-2-1-3-5-12/h6-7,10-13H,1-5,8-9H2/t11-,13+,15+/m0/s1. The third-order valence-electron chi connectivity index (χ3n) is 4.81. The molecule has 0 unspecified atom stereocenters. The van der Waals surface area contributed by atoms with E-state index >= 15 is 0 Å². The van der Waals surface area contributed by atoms with Crippen molar-refractivity contribution in [3.63, 3.8) is 0 Å². The molecular formula is C15H20O3. The zero-order valence-electron chi connectivity index (χ0n) is 10.6. The number of hydrogen-bond donors (Lipinski definition) is 0. The largest absolute Gasteiger partial charge is 0.450 e. The van der Waals surface area contributed by atoms with Crippen molar-refractivity contribution >= 4 is 12.3 Å². The van der Waals surface area contributed by atoms with E-state index in [0.717, 1.165) is 38.4 Å². The quantitative estimate of drug-likeness (QED) is 0.438. The highest BCUT2D eigenvalue weighted by Crippen LogP contribution is 2.48. The molecule has 0 spiro atoms. The Balaban J connectivity index is 1.69. The van der Waals surface area contributed by atoms with Gasteiger partial charge in [0.05, 0.1) is 5.92 Å². The predicted molar refractivity (Wildman–Crippen MR) is 66.8 cm³/mol. The molecule has 0 N–H and O–H groups in total. The van der Waals surface area contributed by atoms with Crippen molar-refractivity contribution in [3.8, 4) is 0 Å². The van der Waals surface area contributed by atoms with Crippen LogP contribution in [0.15, 0.2) is 12.2 Å². The minimum Gasteiger partial charge on any atom is -0.450 e. The summed E-state index contributed by atoms with van der Waals surface area (Å²) in [4.78, 5) is 23.6. The van der Waals surface area contributed by atoms with Crippen LogP contribution in [0.1, 0.15) is 44.9 Å². The average Bonchev–Trinajstić information content (AvgIpc) is 3.00. The minimum absolute atomic E-state index is 0.0266. The van der Waals surface area contributed by atoms with E-state index in [2.05, 4.69) is 12.2 Å². The van der Waals surface area contributed by atoms with Gasteiger partial charge in [0.2, 0.25) is 0 Å². The van der Waals surface area contributed by atoms with Gasteiger partial charge in [-0.3, -0.25) is 9.59 Å². The van der Waals surface area contributed by atoms with Gasteiger partial charge in [-0.15, -0.1) is 0 Å². The molecule has 0 amide bonds. The van der Waals surface area contributed by atoms with Gasteiger partial charge < -0.3 is 4.74 Å². The van der Waals surface area contributed by atoms with Gasteiger partial charge in [0.1, 0.15) is 0 Å². The van der Waals surface area contributed by atoms with Crippen molar-refractivity contribution < 1.29 is 14.3 Å². The lowest BCUT2D eigenvalue weighted by Gasteiger charge is -2.32. The Morgan fingerprint density at radius 1 is 1.22 bits per heavy atom. The van der Waals surface area contributed by atoms with Crippen LogP contribution in [0.4, 0.5) is 0 Å². The van der Waals surface area contributed by atoms with E-state index in [1.165, 1.54) is 6.42 Å². The zero-order chi connectivity index (χ0) is 12.6. The fourth-order valence-electron chi connectivity index (χ4n) is 3.74. The normalized spacial score (nSPS) is 38.9. The third-order valence-corrected chi connectivity index (χ3v) is 4.81. The number of aldehydes is 1. The summed E-state index contributed by atoms with van der Waals surface area (Å²) in [5.74, 6) is 0.438. The molecule has 2 bridgehead atoms. The SMILES string of the molecule is O=C[C@]1(OC(=O)C2CCCCC2)C[C@H]2C=C[C@@H]1C2. The van der Waals surface area contributed by atoms with Crippen LogP contribution < -0.4 is 0 Å². The number of carbonyl (C=O) groups is 2. The van der Waals surface area contributed by atoms with E-state index < -0.39 is 5.60 Å². The van der Waals surface area contributed by atoms with Gasteiger partial charge in [0.15, 0.2) is 11.9 Å². The lowest BCUT2D eigenvalue weighted by atomic mass is 9.87. The molecule has 0 aromatic heterocycles. The summed E-state index contributed by atoms with van der Waals surface area (Å²) >= 11 is 0. The number of hydrogen-bond acceptors (Lipinski definition) is 3. The molecule has 3 atom stereocenters. The molecule has 3 aliphatic carbocycles.